The predicted molar refractivity (Wildman–Crippen MR) is 68.0 cm³/mol. The lowest BCUT2D eigenvalue weighted by atomic mass is 10.0. The van der Waals surface area contributed by atoms with Gasteiger partial charge in [0, 0.05) is 13.0 Å². The highest BCUT2D eigenvalue weighted by molar-refractivity contribution is 6.43. The van der Waals surface area contributed by atoms with Gasteiger partial charge in [-0.15, -0.1) is 0 Å². The second-order valence-electron chi connectivity index (χ2n) is 4.61. The van der Waals surface area contributed by atoms with Crippen LogP contribution in [-0.2, 0) is 0 Å². The quantitative estimate of drug-likeness (QED) is 0.860. The molecular weight excluding hydrogens is 318 g/mol. The van der Waals surface area contributed by atoms with Crippen molar-refractivity contribution in [2.45, 2.75) is 18.2 Å². The van der Waals surface area contributed by atoms with Gasteiger partial charge in [-0.05, 0) is 12.1 Å². The van der Waals surface area contributed by atoms with E-state index in [0.29, 0.717) is 0 Å². The standard InChI is InChI=1S/C12H10Cl2F3NO2/c13-8-3-1-2-7(9(8)14)10(19)18-5-4-11(20,6-18)12(15,16)17/h1-3,20H,4-6H2/t11-/m1/s1. The van der Waals surface area contributed by atoms with E-state index in [0.717, 1.165) is 4.90 Å². The minimum atomic E-state index is -4.78. The number of rotatable bonds is 1. The molecule has 2 rings (SSSR count). The summed E-state index contributed by atoms with van der Waals surface area (Å²) in [5.74, 6) is -0.683. The predicted octanol–water partition coefficient (Wildman–Crippen LogP) is 3.13. The first-order chi connectivity index (χ1) is 9.16. The Bertz CT molecular complexity index is 550. The minimum Gasteiger partial charge on any atom is -0.379 e. The Balaban J connectivity index is 2.23. The van der Waals surface area contributed by atoms with Crippen molar-refractivity contribution in [2.24, 2.45) is 0 Å². The van der Waals surface area contributed by atoms with E-state index in [9.17, 15) is 23.1 Å². The average molecular weight is 328 g/mol. The summed E-state index contributed by atoms with van der Waals surface area (Å²) >= 11 is 11.6. The van der Waals surface area contributed by atoms with Crippen molar-refractivity contribution in [3.8, 4) is 0 Å². The summed E-state index contributed by atoms with van der Waals surface area (Å²) < 4.78 is 38.1. The van der Waals surface area contributed by atoms with Gasteiger partial charge >= 0.3 is 6.18 Å². The number of hydrogen-bond donors (Lipinski definition) is 1. The molecule has 1 amide bonds. The van der Waals surface area contributed by atoms with Crippen molar-refractivity contribution < 1.29 is 23.1 Å². The molecule has 1 aliphatic heterocycles. The van der Waals surface area contributed by atoms with Gasteiger partial charge in [0.1, 0.15) is 0 Å². The first kappa shape index (κ1) is 15.4. The normalized spacial score (nSPS) is 23.2. The molecule has 1 saturated heterocycles. The van der Waals surface area contributed by atoms with Crippen LogP contribution in [0.2, 0.25) is 10.0 Å². The van der Waals surface area contributed by atoms with Gasteiger partial charge in [0.2, 0.25) is 0 Å². The summed E-state index contributed by atoms with van der Waals surface area (Å²) in [5.41, 5.74) is -2.85. The molecule has 1 heterocycles. The van der Waals surface area contributed by atoms with Gasteiger partial charge in [-0.2, -0.15) is 13.2 Å². The highest BCUT2D eigenvalue weighted by Crippen LogP contribution is 2.38. The molecule has 0 spiro atoms. The second-order valence-corrected chi connectivity index (χ2v) is 5.39. The largest absolute Gasteiger partial charge is 0.419 e. The van der Waals surface area contributed by atoms with Crippen molar-refractivity contribution in [3.63, 3.8) is 0 Å². The monoisotopic (exact) mass is 327 g/mol. The smallest absolute Gasteiger partial charge is 0.379 e. The Labute approximate surface area is 122 Å². The Morgan fingerprint density at radius 1 is 1.35 bits per heavy atom. The number of likely N-dealkylation sites (tertiary alicyclic amines) is 1. The SMILES string of the molecule is O=C(c1cccc(Cl)c1Cl)N1CC[C@](O)(C(F)(F)F)C1. The Kier molecular flexibility index (Phi) is 3.92. The van der Waals surface area contributed by atoms with Crippen molar-refractivity contribution in [1.82, 2.24) is 4.90 Å². The van der Waals surface area contributed by atoms with Crippen LogP contribution in [0.4, 0.5) is 13.2 Å². The number of carbonyl (C=O) groups excluding carboxylic acids is 1. The zero-order chi connectivity index (χ0) is 15.1. The number of nitrogens with zero attached hydrogens (tertiary/aromatic N) is 1. The lowest BCUT2D eigenvalue weighted by molar-refractivity contribution is -0.253. The third kappa shape index (κ3) is 2.60. The summed E-state index contributed by atoms with van der Waals surface area (Å²) in [7, 11) is 0. The fraction of sp³-hybridized carbons (Fsp3) is 0.417. The van der Waals surface area contributed by atoms with Crippen LogP contribution in [0.1, 0.15) is 16.8 Å². The number of hydrogen-bond acceptors (Lipinski definition) is 2. The van der Waals surface area contributed by atoms with E-state index >= 15 is 0 Å². The molecule has 3 nitrogen and oxygen atoms in total. The number of benzene rings is 1. The fourth-order valence-corrected chi connectivity index (χ4v) is 2.42. The maximum Gasteiger partial charge on any atom is 0.419 e. The summed E-state index contributed by atoms with van der Waals surface area (Å²) in [4.78, 5) is 13.1. The van der Waals surface area contributed by atoms with Gasteiger partial charge in [-0.1, -0.05) is 29.3 Å². The molecule has 0 saturated carbocycles. The van der Waals surface area contributed by atoms with Crippen LogP contribution >= 0.6 is 23.2 Å². The first-order valence-corrected chi connectivity index (χ1v) is 6.44. The Hall–Kier alpha value is -0.980. The average Bonchev–Trinajstić information content (AvgIpc) is 2.75. The number of amides is 1. The Morgan fingerprint density at radius 3 is 2.55 bits per heavy atom. The number of halogens is 5. The van der Waals surface area contributed by atoms with Crippen molar-refractivity contribution in [1.29, 1.82) is 0 Å². The summed E-state index contributed by atoms with van der Waals surface area (Å²) in [6.45, 7) is -1.00. The molecule has 0 radical (unpaired) electrons. The molecule has 0 aliphatic carbocycles. The Morgan fingerprint density at radius 2 is 2.00 bits per heavy atom. The maximum atomic E-state index is 12.7. The van der Waals surface area contributed by atoms with Gasteiger partial charge in [-0.3, -0.25) is 4.79 Å². The lowest BCUT2D eigenvalue weighted by Gasteiger charge is -2.26. The number of alkyl halides is 3. The lowest BCUT2D eigenvalue weighted by Crippen LogP contribution is -2.48. The number of carbonyl (C=O) groups is 1. The summed E-state index contributed by atoms with van der Waals surface area (Å²) in [6, 6.07) is 4.33. The molecule has 8 heteroatoms. The van der Waals surface area contributed by atoms with Crippen LogP contribution in [-0.4, -0.2) is 40.8 Å². The van der Waals surface area contributed by atoms with Gasteiger partial charge < -0.3 is 10.0 Å². The summed E-state index contributed by atoms with van der Waals surface area (Å²) in [5, 5.41) is 9.67. The number of β-amino-alcohol motifs (C(OH)–C–C–N with tert-alkyl or cyclic N) is 1. The molecule has 0 aromatic heterocycles. The van der Waals surface area contributed by atoms with E-state index in [2.05, 4.69) is 0 Å². The minimum absolute atomic E-state index is 0.0124. The topological polar surface area (TPSA) is 40.5 Å². The molecule has 1 atom stereocenters. The van der Waals surface area contributed by atoms with Crippen LogP contribution in [0, 0.1) is 0 Å². The van der Waals surface area contributed by atoms with E-state index in [1.165, 1.54) is 18.2 Å². The third-order valence-corrected chi connectivity index (χ3v) is 4.06. The van der Waals surface area contributed by atoms with Gasteiger partial charge in [0.05, 0.1) is 22.2 Å². The molecule has 20 heavy (non-hydrogen) atoms. The van der Waals surface area contributed by atoms with Crippen LogP contribution < -0.4 is 0 Å². The molecule has 1 aromatic carbocycles. The fourth-order valence-electron chi connectivity index (χ4n) is 2.04. The third-order valence-electron chi connectivity index (χ3n) is 3.24. The van der Waals surface area contributed by atoms with Gasteiger partial charge in [0.25, 0.3) is 5.91 Å². The molecular formula is C12H10Cl2F3NO2. The van der Waals surface area contributed by atoms with E-state index in [1.807, 2.05) is 0 Å². The van der Waals surface area contributed by atoms with Crippen LogP contribution in [0.15, 0.2) is 18.2 Å². The highest BCUT2D eigenvalue weighted by atomic mass is 35.5. The first-order valence-electron chi connectivity index (χ1n) is 5.68. The van der Waals surface area contributed by atoms with Crippen LogP contribution in [0.25, 0.3) is 0 Å². The molecule has 1 aliphatic rings. The maximum absolute atomic E-state index is 12.7. The van der Waals surface area contributed by atoms with E-state index in [1.54, 1.807) is 0 Å². The molecule has 1 aromatic rings. The number of aliphatic hydroxyl groups is 1. The van der Waals surface area contributed by atoms with E-state index in [4.69, 9.17) is 23.2 Å². The zero-order valence-corrected chi connectivity index (χ0v) is 11.6. The molecule has 0 unspecified atom stereocenters. The van der Waals surface area contributed by atoms with E-state index in [-0.39, 0.29) is 22.2 Å². The van der Waals surface area contributed by atoms with Crippen LogP contribution in [0.3, 0.4) is 0 Å². The van der Waals surface area contributed by atoms with E-state index < -0.39 is 30.7 Å². The molecule has 1 fully saturated rings. The van der Waals surface area contributed by atoms with Gasteiger partial charge in [-0.25, -0.2) is 0 Å². The highest BCUT2D eigenvalue weighted by Gasteiger charge is 2.57. The summed E-state index contributed by atoms with van der Waals surface area (Å²) in [6.07, 6.45) is -5.33. The van der Waals surface area contributed by atoms with Gasteiger partial charge in [0.15, 0.2) is 5.60 Å². The van der Waals surface area contributed by atoms with Crippen LogP contribution in [0.5, 0.6) is 0 Å². The molecule has 1 N–H and O–H groups in total. The van der Waals surface area contributed by atoms with Crippen molar-refractivity contribution in [2.75, 3.05) is 13.1 Å². The van der Waals surface area contributed by atoms with Crippen molar-refractivity contribution in [3.05, 3.63) is 33.8 Å². The molecule has 0 bridgehead atoms. The molecule has 110 valence electrons. The van der Waals surface area contributed by atoms with Crippen molar-refractivity contribution >= 4 is 29.1 Å². The zero-order valence-electron chi connectivity index (χ0n) is 10.0. The second kappa shape index (κ2) is 5.09.